The van der Waals surface area contributed by atoms with Gasteiger partial charge in [0.05, 0.1) is 0 Å². The van der Waals surface area contributed by atoms with Gasteiger partial charge >= 0.3 is 0 Å². The molecule has 0 aromatic heterocycles. The van der Waals surface area contributed by atoms with Gasteiger partial charge in [-0.25, -0.2) is 0 Å². The van der Waals surface area contributed by atoms with E-state index in [9.17, 15) is 0 Å². The van der Waals surface area contributed by atoms with E-state index in [0.717, 1.165) is 6.54 Å². The Hall–Kier alpha value is 0.310. The van der Waals surface area contributed by atoms with Crippen LogP contribution in [0.5, 0.6) is 0 Å². The molecule has 0 unspecified atom stereocenters. The first-order valence-electron chi connectivity index (χ1n) is 5.44. The molecule has 0 aliphatic heterocycles. The van der Waals surface area contributed by atoms with Crippen LogP contribution >= 0.6 is 11.8 Å². The topological polar surface area (TPSA) is 12.0 Å². The lowest BCUT2D eigenvalue weighted by Gasteiger charge is -2.31. The van der Waals surface area contributed by atoms with Crippen molar-refractivity contribution >= 4 is 11.8 Å². The number of rotatable bonds is 8. The molecule has 0 saturated heterocycles. The first kappa shape index (κ1) is 13.3. The summed E-state index contributed by atoms with van der Waals surface area (Å²) in [7, 11) is 0. The van der Waals surface area contributed by atoms with E-state index in [1.54, 1.807) is 0 Å². The van der Waals surface area contributed by atoms with Crippen LogP contribution in [0.25, 0.3) is 0 Å². The molecule has 0 aromatic carbocycles. The van der Waals surface area contributed by atoms with Crippen LogP contribution < -0.4 is 5.32 Å². The third-order valence-corrected chi connectivity index (χ3v) is 3.70. The lowest BCUT2D eigenvalue weighted by molar-refractivity contribution is 0.243. The number of hydrogen-bond acceptors (Lipinski definition) is 2. The molecule has 0 heterocycles. The zero-order valence-electron chi connectivity index (χ0n) is 9.65. The molecule has 13 heavy (non-hydrogen) atoms. The Morgan fingerprint density at radius 3 is 2.15 bits per heavy atom. The van der Waals surface area contributed by atoms with Crippen LogP contribution in [0.15, 0.2) is 0 Å². The molecule has 0 aromatic rings. The van der Waals surface area contributed by atoms with Crippen molar-refractivity contribution in [2.24, 2.45) is 5.41 Å². The van der Waals surface area contributed by atoms with E-state index in [-0.39, 0.29) is 0 Å². The van der Waals surface area contributed by atoms with Gasteiger partial charge in [-0.1, -0.05) is 20.8 Å². The van der Waals surface area contributed by atoms with Gasteiger partial charge in [0.25, 0.3) is 0 Å². The second-order valence-corrected chi connectivity index (χ2v) is 4.72. The maximum absolute atomic E-state index is 3.49. The summed E-state index contributed by atoms with van der Waals surface area (Å²) >= 11 is 1.96. The van der Waals surface area contributed by atoms with Gasteiger partial charge in [-0.3, -0.25) is 0 Å². The highest BCUT2D eigenvalue weighted by Gasteiger charge is 2.24. The van der Waals surface area contributed by atoms with Crippen LogP contribution in [0.3, 0.4) is 0 Å². The third kappa shape index (κ3) is 4.92. The lowest BCUT2D eigenvalue weighted by Crippen LogP contribution is -2.34. The lowest BCUT2D eigenvalue weighted by atomic mass is 9.80. The van der Waals surface area contributed by atoms with Crippen molar-refractivity contribution in [2.75, 3.05) is 25.1 Å². The summed E-state index contributed by atoms with van der Waals surface area (Å²) in [6.45, 7) is 9.12. The zero-order valence-corrected chi connectivity index (χ0v) is 10.5. The summed E-state index contributed by atoms with van der Waals surface area (Å²) in [5, 5.41) is 3.49. The maximum atomic E-state index is 3.49. The molecule has 0 bridgehead atoms. The molecular formula is C11H25NS. The van der Waals surface area contributed by atoms with Crippen molar-refractivity contribution in [1.82, 2.24) is 5.32 Å². The quantitative estimate of drug-likeness (QED) is 0.650. The van der Waals surface area contributed by atoms with E-state index >= 15 is 0 Å². The molecule has 2 heteroatoms. The van der Waals surface area contributed by atoms with Gasteiger partial charge in [0, 0.05) is 6.54 Å². The van der Waals surface area contributed by atoms with E-state index in [0.29, 0.717) is 5.41 Å². The fourth-order valence-electron chi connectivity index (χ4n) is 1.65. The molecular weight excluding hydrogens is 178 g/mol. The minimum Gasteiger partial charge on any atom is -0.316 e. The van der Waals surface area contributed by atoms with Crippen molar-refractivity contribution in [3.63, 3.8) is 0 Å². The second-order valence-electron chi connectivity index (χ2n) is 3.73. The van der Waals surface area contributed by atoms with Crippen molar-refractivity contribution in [3.05, 3.63) is 0 Å². The van der Waals surface area contributed by atoms with Gasteiger partial charge < -0.3 is 5.32 Å². The summed E-state index contributed by atoms with van der Waals surface area (Å²) < 4.78 is 0. The summed E-state index contributed by atoms with van der Waals surface area (Å²) in [6.07, 6.45) is 6.16. The Morgan fingerprint density at radius 2 is 1.77 bits per heavy atom. The average Bonchev–Trinajstić information content (AvgIpc) is 2.20. The average molecular weight is 203 g/mol. The summed E-state index contributed by atoms with van der Waals surface area (Å²) in [5.41, 5.74) is 0.555. The number of hydrogen-bond donors (Lipinski definition) is 1. The van der Waals surface area contributed by atoms with E-state index in [2.05, 4.69) is 32.3 Å². The smallest absolute Gasteiger partial charge is 0.000778 e. The molecule has 0 saturated carbocycles. The molecule has 80 valence electrons. The van der Waals surface area contributed by atoms with Crippen LogP contribution in [0.1, 0.15) is 40.0 Å². The van der Waals surface area contributed by atoms with Crippen molar-refractivity contribution in [3.8, 4) is 0 Å². The van der Waals surface area contributed by atoms with Crippen molar-refractivity contribution in [1.29, 1.82) is 0 Å². The molecule has 0 aliphatic rings. The Labute approximate surface area is 88.1 Å². The fourth-order valence-corrected chi connectivity index (χ4v) is 2.29. The highest BCUT2D eigenvalue weighted by atomic mass is 32.2. The largest absolute Gasteiger partial charge is 0.316 e. The van der Waals surface area contributed by atoms with Crippen LogP contribution in [0.2, 0.25) is 0 Å². The zero-order chi connectivity index (χ0) is 10.2. The Bertz CT molecular complexity index is 101. The van der Waals surface area contributed by atoms with Crippen LogP contribution in [-0.2, 0) is 0 Å². The normalized spacial score (nSPS) is 12.0. The molecule has 0 rings (SSSR count). The molecule has 1 N–H and O–H groups in total. The van der Waals surface area contributed by atoms with E-state index in [4.69, 9.17) is 0 Å². The monoisotopic (exact) mass is 203 g/mol. The van der Waals surface area contributed by atoms with Crippen LogP contribution in [-0.4, -0.2) is 25.1 Å². The van der Waals surface area contributed by atoms with E-state index < -0.39 is 0 Å². The molecule has 0 amide bonds. The maximum Gasteiger partial charge on any atom is 0.000778 e. The first-order chi connectivity index (χ1) is 6.24. The standard InChI is InChI=1S/C11H25NS/c1-5-11(6-2,8-9-13-4)10-12-7-3/h12H,5-10H2,1-4H3. The Kier molecular flexibility index (Phi) is 7.87. The SMILES string of the molecule is CCNCC(CC)(CC)CCSC. The first-order valence-corrected chi connectivity index (χ1v) is 6.83. The Morgan fingerprint density at radius 1 is 1.15 bits per heavy atom. The number of nitrogens with one attached hydrogen (secondary N) is 1. The van der Waals surface area contributed by atoms with E-state index in [1.807, 2.05) is 11.8 Å². The van der Waals surface area contributed by atoms with Gasteiger partial charge in [0.2, 0.25) is 0 Å². The van der Waals surface area contributed by atoms with Gasteiger partial charge in [-0.2, -0.15) is 11.8 Å². The fraction of sp³-hybridized carbons (Fsp3) is 1.00. The molecule has 0 fully saturated rings. The van der Waals surface area contributed by atoms with Gasteiger partial charge in [0.1, 0.15) is 0 Å². The van der Waals surface area contributed by atoms with Crippen LogP contribution in [0, 0.1) is 5.41 Å². The molecule has 0 aliphatic carbocycles. The molecule has 0 atom stereocenters. The summed E-state index contributed by atoms with van der Waals surface area (Å²) in [6, 6.07) is 0. The number of thioether (sulfide) groups is 1. The molecule has 0 radical (unpaired) electrons. The van der Waals surface area contributed by atoms with E-state index in [1.165, 1.54) is 31.6 Å². The predicted octanol–water partition coefficient (Wildman–Crippen LogP) is 3.16. The summed E-state index contributed by atoms with van der Waals surface area (Å²) in [5.74, 6) is 1.30. The highest BCUT2D eigenvalue weighted by molar-refractivity contribution is 7.98. The summed E-state index contributed by atoms with van der Waals surface area (Å²) in [4.78, 5) is 0. The third-order valence-electron chi connectivity index (χ3n) is 3.09. The van der Waals surface area contributed by atoms with Crippen molar-refractivity contribution in [2.45, 2.75) is 40.0 Å². The minimum atomic E-state index is 0.555. The highest BCUT2D eigenvalue weighted by Crippen LogP contribution is 2.30. The second kappa shape index (κ2) is 7.69. The Balaban J connectivity index is 3.97. The van der Waals surface area contributed by atoms with Gasteiger partial charge in [0.15, 0.2) is 0 Å². The van der Waals surface area contributed by atoms with Gasteiger partial charge in [-0.05, 0) is 43.2 Å². The van der Waals surface area contributed by atoms with Crippen molar-refractivity contribution < 1.29 is 0 Å². The molecule has 1 nitrogen and oxygen atoms in total. The van der Waals surface area contributed by atoms with Gasteiger partial charge in [-0.15, -0.1) is 0 Å². The minimum absolute atomic E-state index is 0.555. The molecule has 0 spiro atoms. The predicted molar refractivity (Wildman–Crippen MR) is 64.6 cm³/mol. The van der Waals surface area contributed by atoms with Crippen LogP contribution in [0.4, 0.5) is 0 Å².